The van der Waals surface area contributed by atoms with E-state index in [4.69, 9.17) is 4.74 Å². The highest BCUT2D eigenvalue weighted by atomic mass is 19.1. The highest BCUT2D eigenvalue weighted by Gasteiger charge is 2.11. The van der Waals surface area contributed by atoms with E-state index in [1.165, 1.54) is 17.2 Å². The van der Waals surface area contributed by atoms with Gasteiger partial charge in [-0.15, -0.1) is 0 Å². The molecule has 1 aliphatic heterocycles. The van der Waals surface area contributed by atoms with Crippen LogP contribution in [0.25, 0.3) is 0 Å². The molecule has 3 rings (SSSR count). The minimum Gasteiger partial charge on any atom is -0.381 e. The fourth-order valence-electron chi connectivity index (χ4n) is 2.12. The molecule has 0 saturated heterocycles. The summed E-state index contributed by atoms with van der Waals surface area (Å²) in [5.74, 6) is -0.172. The maximum absolute atomic E-state index is 13.5. The first-order chi connectivity index (χ1) is 8.83. The van der Waals surface area contributed by atoms with Crippen LogP contribution < -0.4 is 5.32 Å². The molecule has 92 valence electrons. The quantitative estimate of drug-likeness (QED) is 0.891. The Morgan fingerprint density at radius 1 is 1.06 bits per heavy atom. The molecular weight excluding hydrogens is 229 g/mol. The van der Waals surface area contributed by atoms with E-state index >= 15 is 0 Å². The van der Waals surface area contributed by atoms with Gasteiger partial charge in [-0.2, -0.15) is 0 Å². The van der Waals surface area contributed by atoms with Crippen molar-refractivity contribution in [1.29, 1.82) is 0 Å². The molecule has 0 fully saturated rings. The fourth-order valence-corrected chi connectivity index (χ4v) is 2.12. The van der Waals surface area contributed by atoms with E-state index in [-0.39, 0.29) is 5.82 Å². The summed E-state index contributed by atoms with van der Waals surface area (Å²) in [6, 6.07) is 13.0. The molecule has 3 heteroatoms. The van der Waals surface area contributed by atoms with Crippen molar-refractivity contribution in [3.8, 4) is 0 Å². The van der Waals surface area contributed by atoms with Crippen molar-refractivity contribution >= 4 is 5.69 Å². The number of anilines is 1. The van der Waals surface area contributed by atoms with Gasteiger partial charge in [-0.3, -0.25) is 0 Å². The average molecular weight is 243 g/mol. The van der Waals surface area contributed by atoms with Gasteiger partial charge in [0.05, 0.1) is 13.2 Å². The third-order valence-electron chi connectivity index (χ3n) is 3.16. The van der Waals surface area contributed by atoms with Crippen molar-refractivity contribution in [2.75, 3.05) is 5.32 Å². The number of ether oxygens (including phenoxy) is 1. The topological polar surface area (TPSA) is 21.3 Å². The van der Waals surface area contributed by atoms with Gasteiger partial charge < -0.3 is 10.1 Å². The zero-order valence-corrected chi connectivity index (χ0v) is 9.95. The van der Waals surface area contributed by atoms with E-state index in [2.05, 4.69) is 17.4 Å². The molecule has 0 radical (unpaired) electrons. The van der Waals surface area contributed by atoms with Crippen LogP contribution in [-0.4, -0.2) is 0 Å². The van der Waals surface area contributed by atoms with Crippen molar-refractivity contribution in [1.82, 2.24) is 0 Å². The lowest BCUT2D eigenvalue weighted by Crippen LogP contribution is -2.02. The third kappa shape index (κ3) is 2.22. The minimum atomic E-state index is -0.172. The minimum absolute atomic E-state index is 0.172. The van der Waals surface area contributed by atoms with Crippen LogP contribution in [0.1, 0.15) is 16.7 Å². The number of hydrogen-bond acceptors (Lipinski definition) is 2. The van der Waals surface area contributed by atoms with Crippen LogP contribution in [0, 0.1) is 5.82 Å². The largest absolute Gasteiger partial charge is 0.381 e. The standard InChI is InChI=1S/C15H14FNO/c16-15-4-2-1-3-11(15)8-17-14-6-5-12-9-18-10-13(12)7-14/h1-7,17H,8-10H2. The molecule has 2 nitrogen and oxygen atoms in total. The van der Waals surface area contributed by atoms with E-state index in [1.54, 1.807) is 12.1 Å². The summed E-state index contributed by atoms with van der Waals surface area (Å²) in [4.78, 5) is 0. The molecule has 18 heavy (non-hydrogen) atoms. The van der Waals surface area contributed by atoms with E-state index in [1.807, 2.05) is 12.1 Å². The summed E-state index contributed by atoms with van der Waals surface area (Å²) in [6.45, 7) is 1.86. The number of hydrogen-bond donors (Lipinski definition) is 1. The molecule has 0 atom stereocenters. The highest BCUT2D eigenvalue weighted by molar-refractivity contribution is 5.49. The molecule has 0 unspecified atom stereocenters. The first-order valence-electron chi connectivity index (χ1n) is 6.00. The second-order valence-corrected chi connectivity index (χ2v) is 4.42. The molecule has 0 aromatic heterocycles. The number of halogens is 1. The van der Waals surface area contributed by atoms with Crippen LogP contribution in [0.5, 0.6) is 0 Å². The smallest absolute Gasteiger partial charge is 0.128 e. The summed E-state index contributed by atoms with van der Waals surface area (Å²) in [6.07, 6.45) is 0. The molecule has 0 amide bonds. The fraction of sp³-hybridized carbons (Fsp3) is 0.200. The SMILES string of the molecule is Fc1ccccc1CNc1ccc2c(c1)COC2. The first-order valence-corrected chi connectivity index (χ1v) is 6.00. The number of benzene rings is 2. The van der Waals surface area contributed by atoms with Gasteiger partial charge in [0.2, 0.25) is 0 Å². The zero-order valence-electron chi connectivity index (χ0n) is 9.95. The molecule has 0 spiro atoms. The van der Waals surface area contributed by atoms with E-state index in [9.17, 15) is 4.39 Å². The normalized spacial score (nSPS) is 13.4. The lowest BCUT2D eigenvalue weighted by molar-refractivity contribution is 0.134. The second-order valence-electron chi connectivity index (χ2n) is 4.42. The van der Waals surface area contributed by atoms with Gasteiger partial charge in [-0.1, -0.05) is 24.3 Å². The number of rotatable bonds is 3. The van der Waals surface area contributed by atoms with E-state index < -0.39 is 0 Å². The molecule has 0 saturated carbocycles. The van der Waals surface area contributed by atoms with Crippen LogP contribution >= 0.6 is 0 Å². The maximum Gasteiger partial charge on any atom is 0.128 e. The summed E-state index contributed by atoms with van der Waals surface area (Å²) < 4.78 is 18.8. The lowest BCUT2D eigenvalue weighted by atomic mass is 10.1. The highest BCUT2D eigenvalue weighted by Crippen LogP contribution is 2.23. The Hall–Kier alpha value is -1.87. The average Bonchev–Trinajstić information content (AvgIpc) is 2.85. The molecule has 1 aliphatic rings. The van der Waals surface area contributed by atoms with Gasteiger partial charge in [-0.25, -0.2) is 4.39 Å². The summed E-state index contributed by atoms with van der Waals surface area (Å²) in [5.41, 5.74) is 4.14. The molecule has 2 aromatic carbocycles. The molecular formula is C15H14FNO. The van der Waals surface area contributed by atoms with Crippen LogP contribution in [0.15, 0.2) is 42.5 Å². The van der Waals surface area contributed by atoms with Gasteiger partial charge in [0.25, 0.3) is 0 Å². The van der Waals surface area contributed by atoms with Gasteiger partial charge in [0.15, 0.2) is 0 Å². The number of fused-ring (bicyclic) bond motifs is 1. The molecule has 2 aromatic rings. The van der Waals surface area contributed by atoms with Crippen molar-refractivity contribution in [3.63, 3.8) is 0 Å². The Balaban J connectivity index is 1.72. The maximum atomic E-state index is 13.5. The van der Waals surface area contributed by atoms with Gasteiger partial charge in [-0.05, 0) is 29.3 Å². The Morgan fingerprint density at radius 2 is 1.89 bits per heavy atom. The van der Waals surface area contributed by atoms with Gasteiger partial charge in [0.1, 0.15) is 5.82 Å². The Bertz CT molecular complexity index is 568. The predicted octanol–water partition coefficient (Wildman–Crippen LogP) is 3.47. The van der Waals surface area contributed by atoms with Crippen molar-refractivity contribution in [2.45, 2.75) is 19.8 Å². The summed E-state index contributed by atoms with van der Waals surface area (Å²) in [7, 11) is 0. The Morgan fingerprint density at radius 3 is 2.78 bits per heavy atom. The summed E-state index contributed by atoms with van der Waals surface area (Å²) in [5, 5.41) is 3.24. The molecule has 0 aliphatic carbocycles. The van der Waals surface area contributed by atoms with Crippen LogP contribution in [-0.2, 0) is 24.5 Å². The van der Waals surface area contributed by atoms with Gasteiger partial charge >= 0.3 is 0 Å². The van der Waals surface area contributed by atoms with Crippen molar-refractivity contribution < 1.29 is 9.13 Å². The van der Waals surface area contributed by atoms with Crippen molar-refractivity contribution in [2.24, 2.45) is 0 Å². The van der Waals surface area contributed by atoms with E-state index in [0.29, 0.717) is 25.3 Å². The Kier molecular flexibility index (Phi) is 2.99. The molecule has 1 N–H and O–H groups in total. The van der Waals surface area contributed by atoms with E-state index in [0.717, 1.165) is 5.69 Å². The second kappa shape index (κ2) is 4.78. The summed E-state index contributed by atoms with van der Waals surface area (Å²) >= 11 is 0. The van der Waals surface area contributed by atoms with Crippen LogP contribution in [0.3, 0.4) is 0 Å². The van der Waals surface area contributed by atoms with Crippen LogP contribution in [0.4, 0.5) is 10.1 Å². The van der Waals surface area contributed by atoms with Crippen molar-refractivity contribution in [3.05, 3.63) is 65.0 Å². The monoisotopic (exact) mass is 243 g/mol. The third-order valence-corrected chi connectivity index (χ3v) is 3.16. The lowest BCUT2D eigenvalue weighted by Gasteiger charge is -2.08. The number of nitrogens with one attached hydrogen (secondary N) is 1. The molecule has 1 heterocycles. The zero-order chi connectivity index (χ0) is 12.4. The predicted molar refractivity (Wildman–Crippen MR) is 68.7 cm³/mol. The molecule has 0 bridgehead atoms. The van der Waals surface area contributed by atoms with Crippen LogP contribution in [0.2, 0.25) is 0 Å². The first kappa shape index (κ1) is 11.2. The Labute approximate surface area is 105 Å². The van der Waals surface area contributed by atoms with Gasteiger partial charge in [0, 0.05) is 17.8 Å².